The van der Waals surface area contributed by atoms with E-state index in [1.807, 2.05) is 0 Å². The highest BCUT2D eigenvalue weighted by atomic mass is 32.1. The van der Waals surface area contributed by atoms with Crippen molar-refractivity contribution in [3.05, 3.63) is 52.4 Å². The van der Waals surface area contributed by atoms with Gasteiger partial charge in [0.2, 0.25) is 0 Å². The number of rotatable bonds is 5. The third-order valence-corrected chi connectivity index (χ3v) is 3.67. The number of anilines is 1. The number of hydrogen-bond acceptors (Lipinski definition) is 5. The van der Waals surface area contributed by atoms with Crippen molar-refractivity contribution in [3.8, 4) is 0 Å². The molecule has 0 aliphatic rings. The molecule has 0 aliphatic heterocycles. The molecular formula is C15H16N2O3S. The Balaban J connectivity index is 2.12. The second-order valence-corrected chi connectivity index (χ2v) is 5.16. The molecule has 0 saturated heterocycles. The van der Waals surface area contributed by atoms with Crippen LogP contribution in [-0.4, -0.2) is 18.5 Å². The minimum atomic E-state index is -0.437. The zero-order valence-corrected chi connectivity index (χ0v) is 12.4. The Bertz CT molecular complexity index is 635. The number of hydrogen-bond donors (Lipinski definition) is 2. The molecule has 0 spiro atoms. The van der Waals surface area contributed by atoms with E-state index in [0.29, 0.717) is 29.3 Å². The molecule has 0 radical (unpaired) electrons. The van der Waals surface area contributed by atoms with Crippen LogP contribution in [0, 0.1) is 0 Å². The minimum Gasteiger partial charge on any atom is -0.462 e. The molecule has 110 valence electrons. The Morgan fingerprint density at radius 3 is 2.57 bits per heavy atom. The average molecular weight is 304 g/mol. The van der Waals surface area contributed by atoms with E-state index in [1.54, 1.807) is 42.6 Å². The molecule has 0 atom stereocenters. The molecule has 0 aliphatic carbocycles. The van der Waals surface area contributed by atoms with Gasteiger partial charge in [-0.05, 0) is 36.1 Å². The number of carbonyl (C=O) groups is 2. The highest BCUT2D eigenvalue weighted by Gasteiger charge is 2.16. The van der Waals surface area contributed by atoms with Crippen LogP contribution < -0.4 is 11.1 Å². The topological polar surface area (TPSA) is 81.4 Å². The summed E-state index contributed by atoms with van der Waals surface area (Å²) in [6, 6.07) is 8.64. The van der Waals surface area contributed by atoms with E-state index in [1.165, 1.54) is 11.3 Å². The largest absolute Gasteiger partial charge is 0.462 e. The maximum Gasteiger partial charge on any atom is 0.341 e. The van der Waals surface area contributed by atoms with Gasteiger partial charge in [0.25, 0.3) is 5.91 Å². The van der Waals surface area contributed by atoms with Crippen LogP contribution in [0.15, 0.2) is 35.7 Å². The summed E-state index contributed by atoms with van der Waals surface area (Å²) in [5.74, 6) is -0.709. The molecule has 0 bridgehead atoms. The highest BCUT2D eigenvalue weighted by Crippen LogP contribution is 2.24. The van der Waals surface area contributed by atoms with Crippen LogP contribution >= 0.6 is 11.3 Å². The van der Waals surface area contributed by atoms with Crippen molar-refractivity contribution in [1.82, 2.24) is 0 Å². The van der Waals surface area contributed by atoms with Crippen molar-refractivity contribution in [3.63, 3.8) is 0 Å². The maximum atomic E-state index is 12.2. The third kappa shape index (κ3) is 3.68. The van der Waals surface area contributed by atoms with Gasteiger partial charge in [-0.15, -0.1) is 11.3 Å². The van der Waals surface area contributed by atoms with Crippen LogP contribution in [0.25, 0.3) is 0 Å². The van der Waals surface area contributed by atoms with E-state index in [-0.39, 0.29) is 5.91 Å². The Hall–Kier alpha value is -2.18. The van der Waals surface area contributed by atoms with Gasteiger partial charge < -0.3 is 15.8 Å². The minimum absolute atomic E-state index is 0.272. The lowest BCUT2D eigenvalue weighted by molar-refractivity contribution is 0.0528. The fraction of sp³-hybridized carbons (Fsp3) is 0.200. The molecule has 1 heterocycles. The van der Waals surface area contributed by atoms with Gasteiger partial charge in [-0.2, -0.15) is 0 Å². The summed E-state index contributed by atoms with van der Waals surface area (Å²) < 4.78 is 4.95. The molecule has 6 heteroatoms. The van der Waals surface area contributed by atoms with Gasteiger partial charge in [0.1, 0.15) is 5.00 Å². The first kappa shape index (κ1) is 15.2. The quantitative estimate of drug-likeness (QED) is 0.832. The number of thiophene rings is 1. The normalized spacial score (nSPS) is 10.2. The first-order chi connectivity index (χ1) is 10.2. The average Bonchev–Trinajstić information content (AvgIpc) is 2.95. The lowest BCUT2D eigenvalue weighted by Crippen LogP contribution is -2.14. The summed E-state index contributed by atoms with van der Waals surface area (Å²) in [6.07, 6.45) is 0. The summed E-state index contributed by atoms with van der Waals surface area (Å²) in [6.45, 7) is 2.46. The monoisotopic (exact) mass is 304 g/mol. The van der Waals surface area contributed by atoms with Crippen LogP contribution in [0.1, 0.15) is 33.2 Å². The zero-order valence-electron chi connectivity index (χ0n) is 11.6. The van der Waals surface area contributed by atoms with Gasteiger partial charge in [-0.3, -0.25) is 4.79 Å². The number of esters is 1. The molecule has 1 aromatic heterocycles. The van der Waals surface area contributed by atoms with Gasteiger partial charge in [0.15, 0.2) is 0 Å². The molecule has 2 aromatic rings. The Morgan fingerprint density at radius 1 is 1.24 bits per heavy atom. The molecule has 1 aromatic carbocycles. The van der Waals surface area contributed by atoms with Crippen LogP contribution in [0.2, 0.25) is 0 Å². The summed E-state index contributed by atoms with van der Waals surface area (Å²) in [4.78, 5) is 23.9. The lowest BCUT2D eigenvalue weighted by Gasteiger charge is -2.06. The number of carbonyl (C=O) groups excluding carboxylic acids is 2. The van der Waals surface area contributed by atoms with E-state index in [9.17, 15) is 9.59 Å². The Labute approximate surface area is 126 Å². The van der Waals surface area contributed by atoms with Gasteiger partial charge in [-0.25, -0.2) is 4.79 Å². The standard InChI is InChI=1S/C15H16N2O3S/c1-2-20-15(19)12-7-8-21-14(12)17-13(18)11-5-3-10(9-16)4-6-11/h3-8H,2,9,16H2,1H3,(H,17,18). The summed E-state index contributed by atoms with van der Waals surface area (Å²) >= 11 is 1.28. The van der Waals surface area contributed by atoms with E-state index in [0.717, 1.165) is 5.56 Å². The summed E-state index contributed by atoms with van der Waals surface area (Å²) in [5, 5.41) is 4.95. The molecule has 0 unspecified atom stereocenters. The number of ether oxygens (including phenoxy) is 1. The first-order valence-electron chi connectivity index (χ1n) is 6.50. The van der Waals surface area contributed by atoms with Crippen LogP contribution in [0.5, 0.6) is 0 Å². The van der Waals surface area contributed by atoms with E-state index in [2.05, 4.69) is 5.32 Å². The molecule has 2 rings (SSSR count). The van der Waals surface area contributed by atoms with Gasteiger partial charge in [0.05, 0.1) is 12.2 Å². The predicted octanol–water partition coefficient (Wildman–Crippen LogP) is 2.64. The maximum absolute atomic E-state index is 12.2. The second-order valence-electron chi connectivity index (χ2n) is 4.24. The fourth-order valence-electron chi connectivity index (χ4n) is 1.74. The Kier molecular flexibility index (Phi) is 5.08. The zero-order chi connectivity index (χ0) is 15.2. The van der Waals surface area contributed by atoms with Gasteiger partial charge in [0, 0.05) is 12.1 Å². The van der Waals surface area contributed by atoms with E-state index < -0.39 is 5.97 Å². The molecular weight excluding hydrogens is 288 g/mol. The summed E-state index contributed by atoms with van der Waals surface area (Å²) in [5.41, 5.74) is 7.35. The van der Waals surface area contributed by atoms with Crippen molar-refractivity contribution in [2.24, 2.45) is 5.73 Å². The van der Waals surface area contributed by atoms with E-state index in [4.69, 9.17) is 10.5 Å². The summed E-state index contributed by atoms with van der Waals surface area (Å²) in [7, 11) is 0. The number of amides is 1. The number of benzene rings is 1. The van der Waals surface area contributed by atoms with Crippen molar-refractivity contribution in [1.29, 1.82) is 0 Å². The molecule has 0 saturated carbocycles. The van der Waals surface area contributed by atoms with Crippen molar-refractivity contribution >= 4 is 28.2 Å². The lowest BCUT2D eigenvalue weighted by atomic mass is 10.1. The smallest absolute Gasteiger partial charge is 0.341 e. The number of nitrogens with two attached hydrogens (primary N) is 1. The Morgan fingerprint density at radius 2 is 1.95 bits per heavy atom. The molecule has 0 fully saturated rings. The highest BCUT2D eigenvalue weighted by molar-refractivity contribution is 7.14. The molecule has 1 amide bonds. The SMILES string of the molecule is CCOC(=O)c1ccsc1NC(=O)c1ccc(CN)cc1. The van der Waals surface area contributed by atoms with Crippen molar-refractivity contribution < 1.29 is 14.3 Å². The van der Waals surface area contributed by atoms with Gasteiger partial charge in [-0.1, -0.05) is 12.1 Å². The van der Waals surface area contributed by atoms with Crippen molar-refractivity contribution in [2.45, 2.75) is 13.5 Å². The first-order valence-corrected chi connectivity index (χ1v) is 7.38. The van der Waals surface area contributed by atoms with Crippen LogP contribution in [0.4, 0.5) is 5.00 Å². The fourth-order valence-corrected chi connectivity index (χ4v) is 2.51. The van der Waals surface area contributed by atoms with Crippen LogP contribution in [-0.2, 0) is 11.3 Å². The molecule has 5 nitrogen and oxygen atoms in total. The predicted molar refractivity (Wildman–Crippen MR) is 82.6 cm³/mol. The number of nitrogens with one attached hydrogen (secondary N) is 1. The van der Waals surface area contributed by atoms with E-state index >= 15 is 0 Å². The second kappa shape index (κ2) is 7.01. The van der Waals surface area contributed by atoms with Crippen LogP contribution in [0.3, 0.4) is 0 Å². The molecule has 3 N–H and O–H groups in total. The van der Waals surface area contributed by atoms with Crippen molar-refractivity contribution in [2.75, 3.05) is 11.9 Å². The van der Waals surface area contributed by atoms with Gasteiger partial charge >= 0.3 is 5.97 Å². The third-order valence-electron chi connectivity index (χ3n) is 2.84. The molecule has 21 heavy (non-hydrogen) atoms.